The van der Waals surface area contributed by atoms with Crippen molar-refractivity contribution in [2.24, 2.45) is 0 Å². The second-order valence-electron chi connectivity index (χ2n) is 6.96. The molecule has 6 heteroatoms. The van der Waals surface area contributed by atoms with E-state index in [4.69, 9.17) is 4.42 Å². The maximum Gasteiger partial charge on any atom is 0.287 e. The van der Waals surface area contributed by atoms with Crippen LogP contribution in [0.3, 0.4) is 0 Å². The zero-order chi connectivity index (χ0) is 18.8. The first-order valence-electron chi connectivity index (χ1n) is 9.22. The molecule has 1 atom stereocenters. The van der Waals surface area contributed by atoms with Crippen LogP contribution in [-0.4, -0.2) is 30.4 Å². The van der Waals surface area contributed by atoms with Gasteiger partial charge in [0.25, 0.3) is 5.91 Å². The number of likely N-dealkylation sites (tertiary alicyclic amines) is 1. The van der Waals surface area contributed by atoms with Crippen LogP contribution in [0.5, 0.6) is 0 Å². The molecule has 0 aliphatic carbocycles. The van der Waals surface area contributed by atoms with E-state index >= 15 is 0 Å². The van der Waals surface area contributed by atoms with Gasteiger partial charge in [-0.2, -0.15) is 0 Å². The highest BCUT2D eigenvalue weighted by atomic mass is 32.1. The average molecular weight is 382 g/mol. The lowest BCUT2D eigenvalue weighted by Crippen LogP contribution is -2.36. The molecule has 0 unspecified atom stereocenters. The highest BCUT2D eigenvalue weighted by Crippen LogP contribution is 2.28. The van der Waals surface area contributed by atoms with Gasteiger partial charge < -0.3 is 9.73 Å². The molecule has 1 aromatic carbocycles. The molecule has 27 heavy (non-hydrogen) atoms. The van der Waals surface area contributed by atoms with Gasteiger partial charge in [0.2, 0.25) is 0 Å². The van der Waals surface area contributed by atoms with Gasteiger partial charge in [-0.15, -0.1) is 11.3 Å². The van der Waals surface area contributed by atoms with Crippen molar-refractivity contribution < 1.29 is 9.21 Å². The van der Waals surface area contributed by atoms with Crippen LogP contribution in [0, 0.1) is 6.92 Å². The maximum absolute atomic E-state index is 12.6. The van der Waals surface area contributed by atoms with Gasteiger partial charge in [-0.1, -0.05) is 17.7 Å². The number of amides is 1. The molecule has 5 nitrogen and oxygen atoms in total. The Kier molecular flexibility index (Phi) is 5.09. The van der Waals surface area contributed by atoms with Gasteiger partial charge in [-0.3, -0.25) is 14.5 Å². The monoisotopic (exact) mass is 382 g/mol. The van der Waals surface area contributed by atoms with E-state index < -0.39 is 0 Å². The summed E-state index contributed by atoms with van der Waals surface area (Å²) in [5.74, 6) is -0.293. The van der Waals surface area contributed by atoms with E-state index in [9.17, 15) is 9.59 Å². The van der Waals surface area contributed by atoms with E-state index in [-0.39, 0.29) is 23.1 Å². The van der Waals surface area contributed by atoms with Crippen LogP contribution in [0.1, 0.15) is 39.9 Å². The molecule has 3 aromatic rings. The molecule has 3 heterocycles. The third kappa shape index (κ3) is 3.82. The summed E-state index contributed by atoms with van der Waals surface area (Å²) in [5, 5.41) is 5.52. The molecule has 1 amide bonds. The fourth-order valence-corrected chi connectivity index (χ4v) is 4.46. The first kappa shape index (κ1) is 17.9. The lowest BCUT2D eigenvalue weighted by molar-refractivity contribution is 0.0911. The lowest BCUT2D eigenvalue weighted by atomic mass is 10.1. The largest absolute Gasteiger partial charge is 0.451 e. The predicted molar refractivity (Wildman–Crippen MR) is 107 cm³/mol. The molecular formula is C21H22N2O3S. The zero-order valence-electron chi connectivity index (χ0n) is 15.2. The fourth-order valence-electron chi connectivity index (χ4n) is 3.60. The minimum atomic E-state index is -0.352. The number of hydrogen-bond acceptors (Lipinski definition) is 5. The Morgan fingerprint density at radius 1 is 1.26 bits per heavy atom. The Morgan fingerprint density at radius 2 is 2.07 bits per heavy atom. The van der Waals surface area contributed by atoms with E-state index in [2.05, 4.69) is 21.7 Å². The number of nitrogens with one attached hydrogen (secondary N) is 1. The topological polar surface area (TPSA) is 62.6 Å². The van der Waals surface area contributed by atoms with E-state index in [0.29, 0.717) is 17.5 Å². The molecule has 0 radical (unpaired) electrons. The van der Waals surface area contributed by atoms with Gasteiger partial charge in [0.15, 0.2) is 11.2 Å². The number of aryl methyl sites for hydroxylation is 1. The Labute approximate surface area is 161 Å². The number of carbonyl (C=O) groups is 1. The van der Waals surface area contributed by atoms with Crippen LogP contribution in [0.25, 0.3) is 11.0 Å². The van der Waals surface area contributed by atoms with Crippen molar-refractivity contribution in [2.45, 2.75) is 25.8 Å². The van der Waals surface area contributed by atoms with Crippen molar-refractivity contribution >= 4 is 28.2 Å². The summed E-state index contributed by atoms with van der Waals surface area (Å²) in [4.78, 5) is 28.6. The number of nitrogens with zero attached hydrogens (tertiary/aromatic N) is 1. The highest BCUT2D eigenvalue weighted by Gasteiger charge is 2.25. The summed E-state index contributed by atoms with van der Waals surface area (Å²) in [7, 11) is 0. The smallest absolute Gasteiger partial charge is 0.287 e. The minimum Gasteiger partial charge on any atom is -0.451 e. The minimum absolute atomic E-state index is 0.0581. The Balaban J connectivity index is 1.53. The molecule has 140 valence electrons. The van der Waals surface area contributed by atoms with Crippen LogP contribution >= 0.6 is 11.3 Å². The fraction of sp³-hybridized carbons (Fsp3) is 0.333. The number of carbonyl (C=O) groups excluding carboxylic acids is 1. The van der Waals surface area contributed by atoms with Crippen molar-refractivity contribution in [1.29, 1.82) is 0 Å². The first-order chi connectivity index (χ1) is 13.1. The van der Waals surface area contributed by atoms with Crippen molar-refractivity contribution in [3.8, 4) is 0 Å². The van der Waals surface area contributed by atoms with Crippen molar-refractivity contribution in [1.82, 2.24) is 10.2 Å². The third-order valence-corrected chi connectivity index (χ3v) is 5.99. The molecule has 1 N–H and O–H groups in total. The van der Waals surface area contributed by atoms with Gasteiger partial charge in [0.05, 0.1) is 11.4 Å². The second-order valence-corrected chi connectivity index (χ2v) is 7.94. The van der Waals surface area contributed by atoms with E-state index in [0.717, 1.165) is 18.7 Å². The van der Waals surface area contributed by atoms with E-state index in [1.807, 2.05) is 19.1 Å². The summed E-state index contributed by atoms with van der Waals surface area (Å²) < 4.78 is 5.68. The van der Waals surface area contributed by atoms with Crippen LogP contribution in [0.4, 0.5) is 0 Å². The van der Waals surface area contributed by atoms with Gasteiger partial charge in [-0.25, -0.2) is 0 Å². The summed E-state index contributed by atoms with van der Waals surface area (Å²) >= 11 is 1.70. The number of rotatable bonds is 5. The van der Waals surface area contributed by atoms with Crippen LogP contribution in [0.15, 0.2) is 51.0 Å². The number of benzene rings is 1. The standard InChI is InChI=1S/C21H22N2O3S/c1-14-6-7-18-15(11-14)17(24)12-19(26-18)21(25)22-13-16(20-5-4-10-27-20)23-8-2-3-9-23/h4-7,10-12,16H,2-3,8-9,13H2,1H3,(H,22,25)/t16-/m1/s1. The summed E-state index contributed by atoms with van der Waals surface area (Å²) in [5.41, 5.74) is 1.23. The summed E-state index contributed by atoms with van der Waals surface area (Å²) in [6, 6.07) is 11.0. The van der Waals surface area contributed by atoms with Gasteiger partial charge in [0.1, 0.15) is 5.58 Å². The van der Waals surface area contributed by atoms with Gasteiger partial charge in [-0.05, 0) is 56.4 Å². The molecule has 0 bridgehead atoms. The van der Waals surface area contributed by atoms with E-state index in [1.165, 1.54) is 23.8 Å². The first-order valence-corrected chi connectivity index (χ1v) is 10.1. The SMILES string of the molecule is Cc1ccc2oc(C(=O)NC[C@H](c3cccs3)N3CCCC3)cc(=O)c2c1. The third-order valence-electron chi connectivity index (χ3n) is 5.02. The molecule has 2 aromatic heterocycles. The molecule has 1 saturated heterocycles. The summed E-state index contributed by atoms with van der Waals surface area (Å²) in [6.45, 7) is 4.50. The van der Waals surface area contributed by atoms with E-state index in [1.54, 1.807) is 23.5 Å². The average Bonchev–Trinajstić information content (AvgIpc) is 3.36. The Hall–Kier alpha value is -2.44. The number of fused-ring (bicyclic) bond motifs is 1. The van der Waals surface area contributed by atoms with Crippen LogP contribution < -0.4 is 10.7 Å². The molecule has 0 spiro atoms. The molecule has 0 saturated carbocycles. The van der Waals surface area contributed by atoms with Crippen LogP contribution in [0.2, 0.25) is 0 Å². The molecule has 1 fully saturated rings. The van der Waals surface area contributed by atoms with Crippen molar-refractivity contribution in [3.05, 3.63) is 68.2 Å². The molecular weight excluding hydrogens is 360 g/mol. The van der Waals surface area contributed by atoms with Crippen molar-refractivity contribution in [2.75, 3.05) is 19.6 Å². The predicted octanol–water partition coefficient (Wildman–Crippen LogP) is 3.73. The molecule has 4 rings (SSSR count). The second kappa shape index (κ2) is 7.66. The quantitative estimate of drug-likeness (QED) is 0.730. The lowest BCUT2D eigenvalue weighted by Gasteiger charge is -2.26. The Bertz CT molecular complexity index is 1000. The van der Waals surface area contributed by atoms with Crippen LogP contribution in [-0.2, 0) is 0 Å². The van der Waals surface area contributed by atoms with Gasteiger partial charge in [0, 0.05) is 17.5 Å². The maximum atomic E-state index is 12.6. The highest BCUT2D eigenvalue weighted by molar-refractivity contribution is 7.10. The molecule has 1 aliphatic rings. The zero-order valence-corrected chi connectivity index (χ0v) is 16.1. The normalized spacial score (nSPS) is 15.9. The number of thiophene rings is 1. The van der Waals surface area contributed by atoms with Gasteiger partial charge >= 0.3 is 0 Å². The number of hydrogen-bond donors (Lipinski definition) is 1. The van der Waals surface area contributed by atoms with Crippen molar-refractivity contribution in [3.63, 3.8) is 0 Å². The molecule has 1 aliphatic heterocycles. The Morgan fingerprint density at radius 3 is 2.81 bits per heavy atom. The summed E-state index contributed by atoms with van der Waals surface area (Å²) in [6.07, 6.45) is 2.38.